The lowest BCUT2D eigenvalue weighted by molar-refractivity contribution is -0.138. The summed E-state index contributed by atoms with van der Waals surface area (Å²) in [5.74, 6) is -0.805. The highest BCUT2D eigenvalue weighted by Gasteiger charge is 2.52. The third-order valence-corrected chi connectivity index (χ3v) is 8.57. The van der Waals surface area contributed by atoms with Crippen LogP contribution in [0.25, 0.3) is 16.7 Å². The summed E-state index contributed by atoms with van der Waals surface area (Å²) in [4.78, 5) is 50.3. The van der Waals surface area contributed by atoms with Crippen LogP contribution in [0.15, 0.2) is 34.9 Å². The molecule has 2 N–H and O–H groups in total. The zero-order valence-corrected chi connectivity index (χ0v) is 23.8. The monoisotopic (exact) mass is 567 g/mol. The van der Waals surface area contributed by atoms with Crippen molar-refractivity contribution < 1.29 is 19.1 Å². The van der Waals surface area contributed by atoms with Crippen molar-refractivity contribution in [2.24, 2.45) is 11.1 Å². The molecule has 13 heteroatoms. The molecular formula is C27H35N8O4S-. The quantitative estimate of drug-likeness (QED) is 0.350. The van der Waals surface area contributed by atoms with Gasteiger partial charge in [0.15, 0.2) is 10.9 Å². The van der Waals surface area contributed by atoms with E-state index in [9.17, 15) is 14.4 Å². The summed E-state index contributed by atoms with van der Waals surface area (Å²) in [6, 6.07) is 5.03. The zero-order chi connectivity index (χ0) is 28.4. The first-order chi connectivity index (χ1) is 19.2. The Morgan fingerprint density at radius 3 is 2.62 bits per heavy atom. The van der Waals surface area contributed by atoms with Gasteiger partial charge in [-0.1, -0.05) is 26.0 Å². The maximum Gasteiger partial charge on any atom is 0.251 e. The number of hydrogen-bond acceptors (Lipinski definition) is 10. The summed E-state index contributed by atoms with van der Waals surface area (Å²) in [5.41, 5.74) is 13.1. The van der Waals surface area contributed by atoms with E-state index < -0.39 is 24.2 Å². The topological polar surface area (TPSA) is 145 Å². The summed E-state index contributed by atoms with van der Waals surface area (Å²) >= 11 is 1.62. The normalized spacial score (nSPS) is 23.8. The maximum absolute atomic E-state index is 13.6. The Kier molecular flexibility index (Phi) is 8.43. The van der Waals surface area contributed by atoms with Crippen molar-refractivity contribution in [2.45, 2.75) is 44.5 Å². The van der Waals surface area contributed by atoms with Gasteiger partial charge in [0, 0.05) is 55.3 Å². The first-order valence-corrected chi connectivity index (χ1v) is 14.4. The molecule has 3 aliphatic rings. The van der Waals surface area contributed by atoms with E-state index in [1.807, 2.05) is 31.4 Å². The smallest absolute Gasteiger partial charge is 0.251 e. The highest BCUT2D eigenvalue weighted by atomic mass is 32.1. The number of nitrogens with one attached hydrogen (secondary N) is 2. The van der Waals surface area contributed by atoms with E-state index in [1.54, 1.807) is 23.5 Å². The summed E-state index contributed by atoms with van der Waals surface area (Å²) in [7, 11) is 2.12. The Morgan fingerprint density at radius 1 is 1.23 bits per heavy atom. The zero-order valence-electron chi connectivity index (χ0n) is 22.9. The number of piperazine rings is 1. The molecule has 0 aliphatic carbocycles. The van der Waals surface area contributed by atoms with E-state index in [4.69, 9.17) is 15.3 Å². The number of Topliss-reactive ketones (excluding diaryl/α,β-unsaturated/α-hetero) is 1. The minimum absolute atomic E-state index is 0.105. The van der Waals surface area contributed by atoms with Crippen molar-refractivity contribution in [3.8, 4) is 11.3 Å². The van der Waals surface area contributed by atoms with Crippen LogP contribution in [0.4, 0.5) is 5.13 Å². The van der Waals surface area contributed by atoms with Crippen LogP contribution in [0.3, 0.4) is 0 Å². The molecule has 0 bridgehead atoms. The summed E-state index contributed by atoms with van der Waals surface area (Å²) in [6.07, 6.45) is -0.208. The number of amides is 2. The van der Waals surface area contributed by atoms with Gasteiger partial charge in [-0.15, -0.1) is 11.3 Å². The van der Waals surface area contributed by atoms with Gasteiger partial charge in [0.1, 0.15) is 18.7 Å². The molecule has 2 amide bonds. The van der Waals surface area contributed by atoms with Crippen LogP contribution in [-0.4, -0.2) is 103 Å². The fraction of sp³-hybridized carbons (Fsp3) is 0.556. The first kappa shape index (κ1) is 28.1. The second kappa shape index (κ2) is 12.0. The minimum Gasteiger partial charge on any atom is -0.398 e. The number of benzene rings is 1. The molecule has 5 rings (SSSR count). The third-order valence-electron chi connectivity index (χ3n) is 7.67. The number of ether oxygens (including phenoxy) is 1. The molecule has 3 fully saturated rings. The van der Waals surface area contributed by atoms with Crippen molar-refractivity contribution in [3.63, 3.8) is 0 Å². The molecule has 0 saturated carbocycles. The lowest BCUT2D eigenvalue weighted by atomic mass is 10.0. The van der Waals surface area contributed by atoms with Crippen LogP contribution >= 0.6 is 11.3 Å². The van der Waals surface area contributed by atoms with Crippen molar-refractivity contribution in [2.75, 3.05) is 51.3 Å². The molecule has 0 unspecified atom stereocenters. The van der Waals surface area contributed by atoms with Gasteiger partial charge < -0.3 is 35.7 Å². The molecular weight excluding hydrogens is 532 g/mol. The van der Waals surface area contributed by atoms with Crippen molar-refractivity contribution >= 4 is 34.1 Å². The Balaban J connectivity index is 1.26. The largest absolute Gasteiger partial charge is 0.398 e. The molecule has 0 spiro atoms. The van der Waals surface area contributed by atoms with E-state index in [0.29, 0.717) is 12.0 Å². The first-order valence-electron chi connectivity index (χ1n) is 13.6. The molecule has 1 aromatic heterocycles. The number of carbonyl (C=O) groups is 3. The van der Waals surface area contributed by atoms with Crippen LogP contribution in [0.2, 0.25) is 0 Å². The van der Waals surface area contributed by atoms with E-state index in [-0.39, 0.29) is 36.7 Å². The molecule has 3 aliphatic heterocycles. The maximum atomic E-state index is 13.6. The van der Waals surface area contributed by atoms with Crippen LogP contribution in [-0.2, 0) is 14.3 Å². The average molecular weight is 568 g/mol. The predicted molar refractivity (Wildman–Crippen MR) is 151 cm³/mol. The summed E-state index contributed by atoms with van der Waals surface area (Å²) < 4.78 is 5.56. The molecule has 3 saturated heterocycles. The van der Waals surface area contributed by atoms with Gasteiger partial charge in [0.2, 0.25) is 5.91 Å². The Morgan fingerprint density at radius 2 is 1.95 bits per heavy atom. The van der Waals surface area contributed by atoms with Gasteiger partial charge in [-0.2, -0.15) is 0 Å². The minimum atomic E-state index is -0.822. The predicted octanol–water partition coefficient (Wildman–Crippen LogP) is 2.57. The summed E-state index contributed by atoms with van der Waals surface area (Å²) in [6.45, 7) is 7.88. The fourth-order valence-corrected chi connectivity index (χ4v) is 6.39. The van der Waals surface area contributed by atoms with Crippen LogP contribution in [0.5, 0.6) is 0 Å². The Bertz CT molecular complexity index is 1240. The van der Waals surface area contributed by atoms with Crippen LogP contribution < -0.4 is 10.2 Å². The molecule has 4 atom stereocenters. The summed E-state index contributed by atoms with van der Waals surface area (Å²) in [5, 5.41) is 9.03. The average Bonchev–Trinajstić information content (AvgIpc) is 3.66. The second-order valence-corrected chi connectivity index (χ2v) is 11.8. The van der Waals surface area contributed by atoms with Gasteiger partial charge in [0.05, 0.1) is 11.8 Å². The van der Waals surface area contributed by atoms with Gasteiger partial charge in [-0.25, -0.2) is 4.98 Å². The fourth-order valence-electron chi connectivity index (χ4n) is 5.50. The standard InChI is InChI=1S/C27H36N8O4S/c1-16(2)12-19(26(38)35-13-20(31-32-28)24-23(35)22(36)14-39-24)29-25(37)18-6-4-17(5-7-18)21-15-40-27(30-21)34-10-8-33(3)9-11-34/h4-7,15-16,19-20,23-24H,8-14H2,1-3H3,(H3,28,29,31,37)/p-1/t19-,20+,23+,24+/m0/s1. The van der Waals surface area contributed by atoms with Gasteiger partial charge in [0.25, 0.3) is 5.91 Å². The Labute approximate surface area is 237 Å². The molecule has 0 radical (unpaired) electrons. The number of likely N-dealkylation sites (tertiary alicyclic amines) is 1. The number of ketones is 1. The SMILES string of the molecule is CC(C)C[C@H](NC(=O)c1ccc(-c2csc(N3CCN(C)CC3)n2)cc1)C(=O)N1C[C@@H]([N-]N=N)[C@H]2OCC(=O)[C@H]21. The number of aromatic nitrogens is 1. The highest BCUT2D eigenvalue weighted by Crippen LogP contribution is 2.33. The van der Waals surface area contributed by atoms with Crippen molar-refractivity contribution in [1.29, 1.82) is 5.53 Å². The molecule has 12 nitrogen and oxygen atoms in total. The molecule has 40 heavy (non-hydrogen) atoms. The van der Waals surface area contributed by atoms with E-state index >= 15 is 0 Å². The van der Waals surface area contributed by atoms with E-state index in [0.717, 1.165) is 42.6 Å². The number of thiazole rings is 1. The number of fused-ring (bicyclic) bond motifs is 1. The van der Waals surface area contributed by atoms with Crippen molar-refractivity contribution in [3.05, 3.63) is 40.6 Å². The molecule has 2 aromatic rings. The van der Waals surface area contributed by atoms with Gasteiger partial charge in [-0.05, 0) is 31.5 Å². The van der Waals surface area contributed by atoms with Gasteiger partial charge >= 0.3 is 0 Å². The van der Waals surface area contributed by atoms with Crippen LogP contribution in [0.1, 0.15) is 30.6 Å². The van der Waals surface area contributed by atoms with E-state index in [2.05, 4.69) is 32.8 Å². The number of rotatable bonds is 9. The van der Waals surface area contributed by atoms with Crippen molar-refractivity contribution in [1.82, 2.24) is 20.1 Å². The lowest BCUT2D eigenvalue weighted by Gasteiger charge is -2.32. The molecule has 214 valence electrons. The number of anilines is 1. The Hall–Kier alpha value is -3.42. The highest BCUT2D eigenvalue weighted by molar-refractivity contribution is 7.14. The van der Waals surface area contributed by atoms with E-state index in [1.165, 1.54) is 4.90 Å². The molecule has 4 heterocycles. The third kappa shape index (κ3) is 5.86. The lowest BCUT2D eigenvalue weighted by Crippen LogP contribution is -2.52. The van der Waals surface area contributed by atoms with Gasteiger partial charge in [-0.3, -0.25) is 19.6 Å². The second-order valence-electron chi connectivity index (χ2n) is 11.0. The van der Waals surface area contributed by atoms with Crippen LogP contribution in [0, 0.1) is 11.4 Å². The molecule has 1 aromatic carbocycles. The number of nitrogens with zero attached hydrogens (tertiary/aromatic N) is 6. The number of carbonyl (C=O) groups excluding carboxylic acids is 3. The number of hydrogen-bond donors (Lipinski definition) is 2. The number of likely N-dealkylation sites (N-methyl/N-ethyl adjacent to an activating group) is 1.